The van der Waals surface area contributed by atoms with E-state index in [1.165, 1.54) is 17.0 Å². The molecule has 7 nitrogen and oxygen atoms in total. The Kier molecular flexibility index (Phi) is 7.14. The molecule has 1 aliphatic heterocycles. The quantitative estimate of drug-likeness (QED) is 0.459. The molecule has 170 valence electrons. The van der Waals surface area contributed by atoms with Gasteiger partial charge in [-0.05, 0) is 79.3 Å². The van der Waals surface area contributed by atoms with Gasteiger partial charge >= 0.3 is 6.09 Å². The lowest BCUT2D eigenvalue weighted by atomic mass is 9.91. The average Bonchev–Trinajstić information content (AvgIpc) is 3.30. The van der Waals surface area contributed by atoms with Crippen LogP contribution in [0.5, 0.6) is 11.5 Å². The molecule has 0 radical (unpaired) electrons. The molecule has 2 aromatic carbocycles. The molecule has 0 bridgehead atoms. The van der Waals surface area contributed by atoms with E-state index < -0.39 is 6.09 Å². The number of hydrogen-bond acceptors (Lipinski definition) is 4. The number of likely N-dealkylation sites (tertiary alicyclic amines) is 1. The highest BCUT2D eigenvalue weighted by molar-refractivity contribution is 5.65. The molecule has 1 N–H and O–H groups in total. The highest BCUT2D eigenvalue weighted by Crippen LogP contribution is 2.26. The summed E-state index contributed by atoms with van der Waals surface area (Å²) in [6.45, 7) is 1.21. The van der Waals surface area contributed by atoms with Gasteiger partial charge in [0.2, 0.25) is 0 Å². The Morgan fingerprint density at radius 1 is 1.09 bits per heavy atom. The summed E-state index contributed by atoms with van der Waals surface area (Å²) < 4.78 is 20.4. The maximum atomic E-state index is 12.9. The third-order valence-corrected chi connectivity index (χ3v) is 5.43. The van der Waals surface area contributed by atoms with Crippen LogP contribution in [0.1, 0.15) is 18.4 Å². The van der Waals surface area contributed by atoms with E-state index in [4.69, 9.17) is 9.84 Å². The lowest BCUT2D eigenvalue weighted by Crippen LogP contribution is -2.39. The number of hydrogen-bond donors (Lipinski definition) is 1. The zero-order valence-electron chi connectivity index (χ0n) is 18.0. The largest absolute Gasteiger partial charge is 0.465 e. The second-order valence-corrected chi connectivity index (χ2v) is 7.90. The first-order valence-electron chi connectivity index (χ1n) is 10.8. The van der Waals surface area contributed by atoms with Gasteiger partial charge in [-0.15, -0.1) is 0 Å². The van der Waals surface area contributed by atoms with Gasteiger partial charge in [0.15, 0.2) is 5.65 Å². The monoisotopic (exact) mass is 448 g/mol. The highest BCUT2D eigenvalue weighted by Gasteiger charge is 2.23. The van der Waals surface area contributed by atoms with E-state index in [2.05, 4.69) is 10.1 Å². The average molecular weight is 448 g/mol. The summed E-state index contributed by atoms with van der Waals surface area (Å²) in [7, 11) is 0. The number of benzene rings is 2. The summed E-state index contributed by atoms with van der Waals surface area (Å²) in [6.07, 6.45) is 7.19. The van der Waals surface area contributed by atoms with Crippen molar-refractivity contribution in [3.8, 4) is 11.5 Å². The van der Waals surface area contributed by atoms with Gasteiger partial charge in [-0.3, -0.25) is 0 Å². The van der Waals surface area contributed by atoms with Crippen molar-refractivity contribution < 1.29 is 19.0 Å². The summed E-state index contributed by atoms with van der Waals surface area (Å²) in [5.41, 5.74) is 2.00. The van der Waals surface area contributed by atoms with E-state index in [9.17, 15) is 9.18 Å². The molecule has 0 aliphatic carbocycles. The Hall–Kier alpha value is -3.94. The molecular formula is C25H25FN4O3. The van der Waals surface area contributed by atoms with Crippen LogP contribution in [0.25, 0.3) is 5.65 Å². The number of nitrogens with zero attached hydrogens (tertiary/aromatic N) is 4. The van der Waals surface area contributed by atoms with Crippen LogP contribution in [0.4, 0.5) is 9.18 Å². The minimum absolute atomic E-state index is 0.295. The molecule has 4 aromatic rings. The Labute approximate surface area is 191 Å². The van der Waals surface area contributed by atoms with E-state index in [0.717, 1.165) is 30.5 Å². The summed E-state index contributed by atoms with van der Waals surface area (Å²) >= 11 is 0. The first kappa shape index (κ1) is 22.3. The molecule has 1 unspecified atom stereocenters. The Balaban J connectivity index is 0.000000238. The van der Waals surface area contributed by atoms with Crippen LogP contribution in [-0.2, 0) is 6.42 Å². The van der Waals surface area contributed by atoms with Crippen molar-refractivity contribution in [3.05, 3.63) is 90.6 Å². The molecule has 33 heavy (non-hydrogen) atoms. The fraction of sp³-hybridized carbons (Fsp3) is 0.240. The predicted molar refractivity (Wildman–Crippen MR) is 122 cm³/mol. The molecule has 1 aliphatic rings. The van der Waals surface area contributed by atoms with Gasteiger partial charge in [0.25, 0.3) is 0 Å². The number of amides is 1. The lowest BCUT2D eigenvalue weighted by molar-refractivity contribution is 0.120. The van der Waals surface area contributed by atoms with Crippen molar-refractivity contribution in [1.82, 2.24) is 19.5 Å². The number of fused-ring (bicyclic) bond motifs is 1. The maximum absolute atomic E-state index is 12.9. The molecule has 1 saturated heterocycles. The van der Waals surface area contributed by atoms with Gasteiger partial charge in [-0.25, -0.2) is 18.7 Å². The second kappa shape index (κ2) is 10.6. The number of carboxylic acid groups (broad SMARTS) is 1. The van der Waals surface area contributed by atoms with Crippen LogP contribution >= 0.6 is 0 Å². The van der Waals surface area contributed by atoms with Crippen LogP contribution in [0.15, 0.2) is 79.3 Å². The van der Waals surface area contributed by atoms with Gasteiger partial charge in [0, 0.05) is 31.7 Å². The normalized spacial score (nSPS) is 15.5. The molecule has 0 saturated carbocycles. The van der Waals surface area contributed by atoms with Crippen LogP contribution in [0, 0.1) is 11.7 Å². The Bertz CT molecular complexity index is 1170. The van der Waals surface area contributed by atoms with E-state index in [0.29, 0.717) is 30.5 Å². The molecule has 1 fully saturated rings. The summed E-state index contributed by atoms with van der Waals surface area (Å²) in [5.74, 6) is 1.32. The molecule has 2 aromatic heterocycles. The summed E-state index contributed by atoms with van der Waals surface area (Å²) in [4.78, 5) is 16.6. The first-order valence-corrected chi connectivity index (χ1v) is 10.8. The fourth-order valence-electron chi connectivity index (χ4n) is 3.88. The number of imidazole rings is 1. The second-order valence-electron chi connectivity index (χ2n) is 7.90. The SMILES string of the molecule is O=C(O)N1CCCC(Cc2cccc(Oc3ccc(F)cc3)c2)C1.c1cnn2ccnc2c1. The molecule has 1 atom stereocenters. The lowest BCUT2D eigenvalue weighted by Gasteiger charge is -2.30. The molecular weight excluding hydrogens is 423 g/mol. The predicted octanol–water partition coefficient (Wildman–Crippen LogP) is 5.28. The zero-order chi connectivity index (χ0) is 23.0. The Morgan fingerprint density at radius 2 is 1.94 bits per heavy atom. The molecule has 0 spiro atoms. The van der Waals surface area contributed by atoms with E-state index in [1.807, 2.05) is 42.6 Å². The number of rotatable bonds is 4. The van der Waals surface area contributed by atoms with Gasteiger partial charge < -0.3 is 14.7 Å². The van der Waals surface area contributed by atoms with Crippen LogP contribution in [-0.4, -0.2) is 43.8 Å². The molecule has 8 heteroatoms. The number of aromatic nitrogens is 3. The first-order chi connectivity index (χ1) is 16.1. The number of carbonyl (C=O) groups is 1. The number of halogens is 1. The van der Waals surface area contributed by atoms with Crippen molar-refractivity contribution in [3.63, 3.8) is 0 Å². The fourth-order valence-corrected chi connectivity index (χ4v) is 3.88. The molecule has 3 heterocycles. The molecule has 5 rings (SSSR count). The van der Waals surface area contributed by atoms with Crippen LogP contribution < -0.4 is 4.74 Å². The zero-order valence-corrected chi connectivity index (χ0v) is 18.0. The molecule has 1 amide bonds. The van der Waals surface area contributed by atoms with E-state index in [1.54, 1.807) is 29.0 Å². The Morgan fingerprint density at radius 3 is 2.73 bits per heavy atom. The van der Waals surface area contributed by atoms with Crippen LogP contribution in [0.2, 0.25) is 0 Å². The van der Waals surface area contributed by atoms with Crippen molar-refractivity contribution in [2.24, 2.45) is 5.92 Å². The van der Waals surface area contributed by atoms with Crippen molar-refractivity contribution in [1.29, 1.82) is 0 Å². The smallest absolute Gasteiger partial charge is 0.407 e. The highest BCUT2D eigenvalue weighted by atomic mass is 19.1. The summed E-state index contributed by atoms with van der Waals surface area (Å²) in [5, 5.41) is 13.1. The standard InChI is InChI=1S/C19H20FNO3.C6H5N3/c20-16-6-8-17(9-7-16)24-18-5-1-3-14(12-18)11-15-4-2-10-21(13-15)19(22)23;1-2-6-7-4-5-9(6)8-3-1/h1,3,5-9,12,15H,2,4,10-11,13H2,(H,22,23);1-5H. The minimum Gasteiger partial charge on any atom is -0.465 e. The minimum atomic E-state index is -0.840. The van der Waals surface area contributed by atoms with Gasteiger partial charge in [-0.1, -0.05) is 12.1 Å². The van der Waals surface area contributed by atoms with Crippen molar-refractivity contribution >= 4 is 11.7 Å². The van der Waals surface area contributed by atoms with E-state index >= 15 is 0 Å². The van der Waals surface area contributed by atoms with Crippen LogP contribution in [0.3, 0.4) is 0 Å². The van der Waals surface area contributed by atoms with Gasteiger partial charge in [0.1, 0.15) is 17.3 Å². The van der Waals surface area contributed by atoms with Crippen molar-refractivity contribution in [2.45, 2.75) is 19.3 Å². The number of piperidine rings is 1. The number of ether oxygens (including phenoxy) is 1. The van der Waals surface area contributed by atoms with Gasteiger partial charge in [-0.2, -0.15) is 5.10 Å². The third-order valence-electron chi connectivity index (χ3n) is 5.43. The van der Waals surface area contributed by atoms with E-state index in [-0.39, 0.29) is 5.82 Å². The topological polar surface area (TPSA) is 80.0 Å². The summed E-state index contributed by atoms with van der Waals surface area (Å²) in [6, 6.07) is 17.4. The third kappa shape index (κ3) is 6.29. The van der Waals surface area contributed by atoms with Crippen molar-refractivity contribution in [2.75, 3.05) is 13.1 Å². The van der Waals surface area contributed by atoms with Gasteiger partial charge in [0.05, 0.1) is 0 Å². The maximum Gasteiger partial charge on any atom is 0.407 e.